The van der Waals surface area contributed by atoms with Crippen molar-refractivity contribution in [2.75, 3.05) is 18.2 Å². The summed E-state index contributed by atoms with van der Waals surface area (Å²) < 4.78 is 5.20. The summed E-state index contributed by atoms with van der Waals surface area (Å²) in [5.74, 6) is -0.134. The van der Waals surface area contributed by atoms with Crippen molar-refractivity contribution in [2.24, 2.45) is 0 Å². The van der Waals surface area contributed by atoms with Crippen molar-refractivity contribution in [3.63, 3.8) is 0 Å². The summed E-state index contributed by atoms with van der Waals surface area (Å²) in [6.07, 6.45) is 4.39. The van der Waals surface area contributed by atoms with Gasteiger partial charge in [-0.1, -0.05) is 24.4 Å². The van der Waals surface area contributed by atoms with Crippen molar-refractivity contribution in [1.29, 1.82) is 0 Å². The molecule has 1 saturated carbocycles. The van der Waals surface area contributed by atoms with Crippen LogP contribution in [0.3, 0.4) is 0 Å². The van der Waals surface area contributed by atoms with Gasteiger partial charge >= 0.3 is 0 Å². The minimum atomic E-state index is -0.378. The van der Waals surface area contributed by atoms with Crippen LogP contribution in [0.2, 0.25) is 5.02 Å². The van der Waals surface area contributed by atoms with E-state index in [0.717, 1.165) is 25.7 Å². The van der Waals surface area contributed by atoms with Gasteiger partial charge in [-0.3, -0.25) is 9.59 Å². The highest BCUT2D eigenvalue weighted by molar-refractivity contribution is 6.33. The fourth-order valence-corrected chi connectivity index (χ4v) is 3.32. The lowest BCUT2D eigenvalue weighted by Crippen LogP contribution is -2.32. The molecular formula is C20H22ClN3O3. The predicted octanol–water partition coefficient (Wildman–Crippen LogP) is 3.86. The molecule has 0 saturated heterocycles. The summed E-state index contributed by atoms with van der Waals surface area (Å²) in [6, 6.07) is 9.99. The number of carbonyl (C=O) groups excluding carboxylic acids is 2. The summed E-state index contributed by atoms with van der Waals surface area (Å²) in [7, 11) is 1.46. The third kappa shape index (κ3) is 4.52. The van der Waals surface area contributed by atoms with Gasteiger partial charge in [-0.15, -0.1) is 0 Å². The molecule has 0 bridgehead atoms. The Hall–Kier alpha value is -2.73. The Labute approximate surface area is 163 Å². The van der Waals surface area contributed by atoms with Crippen LogP contribution in [-0.2, 0) is 0 Å². The van der Waals surface area contributed by atoms with E-state index in [1.54, 1.807) is 24.3 Å². The Bertz CT molecular complexity index is 846. The van der Waals surface area contributed by atoms with Gasteiger partial charge in [0.25, 0.3) is 11.8 Å². The fraction of sp³-hybridized carbons (Fsp3) is 0.300. The predicted molar refractivity (Wildman–Crippen MR) is 107 cm³/mol. The molecular weight excluding hydrogens is 366 g/mol. The van der Waals surface area contributed by atoms with Crippen LogP contribution in [0.15, 0.2) is 36.4 Å². The van der Waals surface area contributed by atoms with E-state index in [-0.39, 0.29) is 28.4 Å². The first kappa shape index (κ1) is 19.0. The molecule has 0 aliphatic heterocycles. The first-order valence-corrected chi connectivity index (χ1v) is 9.21. The van der Waals surface area contributed by atoms with Crippen molar-refractivity contribution in [2.45, 2.75) is 31.7 Å². The van der Waals surface area contributed by atoms with Crippen molar-refractivity contribution in [1.82, 2.24) is 5.32 Å². The third-order valence-electron chi connectivity index (χ3n) is 4.66. The van der Waals surface area contributed by atoms with Gasteiger partial charge in [-0.05, 0) is 43.2 Å². The zero-order valence-corrected chi connectivity index (χ0v) is 15.8. The number of methoxy groups -OCH3 is 1. The molecule has 0 heterocycles. The molecule has 1 aliphatic carbocycles. The van der Waals surface area contributed by atoms with Crippen LogP contribution in [0.4, 0.5) is 11.4 Å². The van der Waals surface area contributed by atoms with Crippen LogP contribution in [0.25, 0.3) is 0 Å². The molecule has 1 aliphatic rings. The molecule has 2 aromatic rings. The lowest BCUT2D eigenvalue weighted by Gasteiger charge is -2.13. The minimum Gasteiger partial charge on any atom is -0.496 e. The van der Waals surface area contributed by atoms with Gasteiger partial charge in [0.1, 0.15) is 5.75 Å². The number of halogens is 1. The number of nitrogen functional groups attached to an aromatic ring is 1. The number of amides is 2. The molecule has 0 aromatic heterocycles. The van der Waals surface area contributed by atoms with E-state index in [9.17, 15) is 9.59 Å². The SMILES string of the molecule is COc1cc(N)c(Cl)cc1C(=O)Nc1ccc(C(=O)NC2CCCC2)cc1. The zero-order valence-electron chi connectivity index (χ0n) is 15.0. The van der Waals surface area contributed by atoms with Crippen molar-refractivity contribution in [3.05, 3.63) is 52.5 Å². The van der Waals surface area contributed by atoms with Gasteiger partial charge < -0.3 is 21.1 Å². The average Bonchev–Trinajstić information content (AvgIpc) is 3.17. The highest BCUT2D eigenvalue weighted by atomic mass is 35.5. The van der Waals surface area contributed by atoms with E-state index in [1.807, 2.05) is 0 Å². The lowest BCUT2D eigenvalue weighted by atomic mass is 10.1. The maximum Gasteiger partial charge on any atom is 0.259 e. The molecule has 142 valence electrons. The molecule has 27 heavy (non-hydrogen) atoms. The molecule has 2 amide bonds. The molecule has 7 heteroatoms. The number of hydrogen-bond acceptors (Lipinski definition) is 4. The van der Waals surface area contributed by atoms with Gasteiger partial charge in [-0.2, -0.15) is 0 Å². The van der Waals surface area contributed by atoms with E-state index in [4.69, 9.17) is 22.1 Å². The van der Waals surface area contributed by atoms with Crippen LogP contribution >= 0.6 is 11.6 Å². The fourth-order valence-electron chi connectivity index (χ4n) is 3.16. The average molecular weight is 388 g/mol. The summed E-state index contributed by atoms with van der Waals surface area (Å²) >= 11 is 6.01. The first-order valence-electron chi connectivity index (χ1n) is 8.83. The number of rotatable bonds is 5. The smallest absolute Gasteiger partial charge is 0.259 e. The number of carbonyl (C=O) groups is 2. The van der Waals surface area contributed by atoms with Crippen molar-refractivity contribution < 1.29 is 14.3 Å². The highest BCUT2D eigenvalue weighted by Crippen LogP contribution is 2.29. The summed E-state index contributed by atoms with van der Waals surface area (Å²) in [5.41, 5.74) is 7.48. The maximum atomic E-state index is 12.5. The molecule has 2 aromatic carbocycles. The monoisotopic (exact) mass is 387 g/mol. The standard InChI is InChI=1S/C20H22ClN3O3/c1-27-18-11-17(22)16(21)10-15(18)20(26)24-14-8-6-12(7-9-14)19(25)23-13-4-2-3-5-13/h6-11,13H,2-5,22H2,1H3,(H,23,25)(H,24,26). The first-order chi connectivity index (χ1) is 13.0. The molecule has 3 rings (SSSR count). The van der Waals surface area contributed by atoms with Crippen LogP contribution in [0.5, 0.6) is 5.75 Å². The second-order valence-corrected chi connectivity index (χ2v) is 6.97. The van der Waals surface area contributed by atoms with E-state index in [2.05, 4.69) is 10.6 Å². The largest absolute Gasteiger partial charge is 0.496 e. The normalized spacial score (nSPS) is 14.0. The quantitative estimate of drug-likeness (QED) is 0.679. The molecule has 1 fully saturated rings. The van der Waals surface area contributed by atoms with Crippen LogP contribution in [0, 0.1) is 0 Å². The molecule has 4 N–H and O–H groups in total. The molecule has 0 atom stereocenters. The van der Waals surface area contributed by atoms with E-state index in [0.29, 0.717) is 22.7 Å². The van der Waals surface area contributed by atoms with Gasteiger partial charge in [-0.25, -0.2) is 0 Å². The number of nitrogens with two attached hydrogens (primary N) is 1. The molecule has 0 spiro atoms. The van der Waals surface area contributed by atoms with Gasteiger partial charge in [0.15, 0.2) is 0 Å². The summed E-state index contributed by atoms with van der Waals surface area (Å²) in [6.45, 7) is 0. The number of benzene rings is 2. The molecule has 0 radical (unpaired) electrons. The van der Waals surface area contributed by atoms with Crippen LogP contribution < -0.4 is 21.1 Å². The Balaban J connectivity index is 1.68. The topological polar surface area (TPSA) is 93.4 Å². The molecule has 0 unspecified atom stereocenters. The highest BCUT2D eigenvalue weighted by Gasteiger charge is 2.18. The number of ether oxygens (including phenoxy) is 1. The Kier molecular flexibility index (Phi) is 5.86. The van der Waals surface area contributed by atoms with E-state index < -0.39 is 0 Å². The zero-order chi connectivity index (χ0) is 19.4. The second kappa shape index (κ2) is 8.31. The third-order valence-corrected chi connectivity index (χ3v) is 4.99. The summed E-state index contributed by atoms with van der Waals surface area (Å²) in [4.78, 5) is 24.8. The number of hydrogen-bond donors (Lipinski definition) is 3. The Morgan fingerprint density at radius 1 is 1.11 bits per heavy atom. The second-order valence-electron chi connectivity index (χ2n) is 6.56. The number of nitrogens with one attached hydrogen (secondary N) is 2. The summed E-state index contributed by atoms with van der Waals surface area (Å²) in [5, 5.41) is 6.08. The van der Waals surface area contributed by atoms with Crippen molar-refractivity contribution in [3.8, 4) is 5.75 Å². The van der Waals surface area contributed by atoms with E-state index in [1.165, 1.54) is 19.2 Å². The Morgan fingerprint density at radius 2 is 1.78 bits per heavy atom. The molecule has 6 nitrogen and oxygen atoms in total. The van der Waals surface area contributed by atoms with Crippen LogP contribution in [0.1, 0.15) is 46.4 Å². The van der Waals surface area contributed by atoms with Gasteiger partial charge in [0, 0.05) is 23.4 Å². The maximum absolute atomic E-state index is 12.5. The van der Waals surface area contributed by atoms with Crippen molar-refractivity contribution >= 4 is 34.8 Å². The van der Waals surface area contributed by atoms with Gasteiger partial charge in [0.2, 0.25) is 0 Å². The number of anilines is 2. The minimum absolute atomic E-state index is 0.0910. The Morgan fingerprint density at radius 3 is 2.41 bits per heavy atom. The lowest BCUT2D eigenvalue weighted by molar-refractivity contribution is 0.0937. The van der Waals surface area contributed by atoms with Crippen LogP contribution in [-0.4, -0.2) is 25.0 Å². The van der Waals surface area contributed by atoms with E-state index >= 15 is 0 Å². The van der Waals surface area contributed by atoms with Gasteiger partial charge in [0.05, 0.1) is 23.4 Å².